The van der Waals surface area contributed by atoms with Gasteiger partial charge in [-0.05, 0) is 76.8 Å². The number of nitrogens with zero attached hydrogens (tertiary/aromatic N) is 3. The van der Waals surface area contributed by atoms with Crippen LogP contribution in [-0.2, 0) is 21.8 Å². The zero-order valence-electron chi connectivity index (χ0n) is 20.0. The predicted molar refractivity (Wildman–Crippen MR) is 137 cm³/mol. The predicted octanol–water partition coefficient (Wildman–Crippen LogP) is 6.01. The third kappa shape index (κ3) is 5.28. The van der Waals surface area contributed by atoms with E-state index in [0.29, 0.717) is 28.8 Å². The van der Waals surface area contributed by atoms with Gasteiger partial charge in [0.15, 0.2) is 9.84 Å². The Bertz CT molecular complexity index is 1600. The van der Waals surface area contributed by atoms with E-state index in [1.165, 1.54) is 24.7 Å². The van der Waals surface area contributed by atoms with Gasteiger partial charge in [-0.1, -0.05) is 36.4 Å². The van der Waals surface area contributed by atoms with E-state index in [1.807, 2.05) is 19.2 Å². The summed E-state index contributed by atoms with van der Waals surface area (Å²) in [6, 6.07) is 15.7. The average Bonchev–Trinajstić information content (AvgIpc) is 2.87. The van der Waals surface area contributed by atoms with Crippen molar-refractivity contribution in [2.75, 3.05) is 20.1 Å². The average molecular weight is 524 g/mol. The molecule has 0 N–H and O–H groups in total. The zero-order valence-corrected chi connectivity index (χ0v) is 20.9. The van der Waals surface area contributed by atoms with Gasteiger partial charge in [-0.2, -0.15) is 13.2 Å². The second kappa shape index (κ2) is 9.72. The minimum absolute atomic E-state index is 0.153. The van der Waals surface area contributed by atoms with Crippen LogP contribution in [0.4, 0.5) is 13.2 Å². The van der Waals surface area contributed by atoms with Crippen LogP contribution in [0.15, 0.2) is 84.2 Å². The molecule has 5 rings (SSSR count). The lowest BCUT2D eigenvalue weighted by Crippen LogP contribution is -2.25. The molecule has 1 aliphatic rings. The Hall–Kier alpha value is -3.56. The van der Waals surface area contributed by atoms with Crippen LogP contribution >= 0.6 is 0 Å². The number of likely N-dealkylation sites (N-methyl/N-ethyl adjacent to an activating group) is 1. The number of benzene rings is 3. The number of alkyl halides is 3. The van der Waals surface area contributed by atoms with Crippen molar-refractivity contribution in [1.82, 2.24) is 14.9 Å². The molecule has 0 fully saturated rings. The van der Waals surface area contributed by atoms with Crippen LogP contribution in [0.3, 0.4) is 0 Å². The first-order chi connectivity index (χ1) is 17.6. The molecule has 1 aliphatic heterocycles. The molecule has 0 bridgehead atoms. The normalized spacial score (nSPS) is 15.1. The molecule has 190 valence electrons. The number of sulfone groups is 1. The van der Waals surface area contributed by atoms with E-state index in [4.69, 9.17) is 0 Å². The molecule has 3 aromatic carbocycles. The number of hydrogen-bond donors (Lipinski definition) is 0. The summed E-state index contributed by atoms with van der Waals surface area (Å²) in [6.07, 6.45) is 1.09. The van der Waals surface area contributed by atoms with Gasteiger partial charge in [-0.3, -0.25) is 0 Å². The number of hydrogen-bond acceptors (Lipinski definition) is 5. The number of fused-ring (bicyclic) bond motifs is 1. The lowest BCUT2D eigenvalue weighted by atomic mass is 9.88. The summed E-state index contributed by atoms with van der Waals surface area (Å²) in [7, 11) is -1.72. The van der Waals surface area contributed by atoms with Gasteiger partial charge in [0.2, 0.25) is 0 Å². The van der Waals surface area contributed by atoms with E-state index < -0.39 is 21.6 Å². The smallest absolute Gasteiger partial charge is 0.302 e. The van der Waals surface area contributed by atoms with Gasteiger partial charge in [-0.25, -0.2) is 18.4 Å². The summed E-state index contributed by atoms with van der Waals surface area (Å²) in [6.45, 7) is 1.39. The van der Waals surface area contributed by atoms with Crippen molar-refractivity contribution in [3.05, 3.63) is 96.1 Å². The topological polar surface area (TPSA) is 63.2 Å². The van der Waals surface area contributed by atoms with E-state index >= 15 is 0 Å². The molecule has 0 radical (unpaired) electrons. The maximum absolute atomic E-state index is 13.6. The highest BCUT2D eigenvalue weighted by molar-refractivity contribution is 7.90. The lowest BCUT2D eigenvalue weighted by molar-refractivity contribution is -0.137. The van der Waals surface area contributed by atoms with Crippen molar-refractivity contribution < 1.29 is 21.6 Å². The Kier molecular flexibility index (Phi) is 6.59. The Morgan fingerprint density at radius 3 is 2.54 bits per heavy atom. The largest absolute Gasteiger partial charge is 0.416 e. The molecule has 0 unspecified atom stereocenters. The number of rotatable bonds is 5. The molecule has 2 heterocycles. The summed E-state index contributed by atoms with van der Waals surface area (Å²) >= 11 is 0. The molecule has 4 aromatic rings. The van der Waals surface area contributed by atoms with Gasteiger partial charge in [0.05, 0.1) is 21.9 Å². The molecule has 0 saturated carbocycles. The molecule has 1 aromatic heterocycles. The number of aromatic nitrogens is 2. The molecule has 0 amide bonds. The van der Waals surface area contributed by atoms with E-state index in [9.17, 15) is 21.6 Å². The quantitative estimate of drug-likeness (QED) is 0.321. The lowest BCUT2D eigenvalue weighted by Gasteiger charge is -2.25. The molecule has 0 saturated heterocycles. The second-order valence-electron chi connectivity index (χ2n) is 9.16. The van der Waals surface area contributed by atoms with Crippen LogP contribution in [0.5, 0.6) is 0 Å². The summed E-state index contributed by atoms with van der Waals surface area (Å²) in [5, 5.41) is 1.44. The molecule has 37 heavy (non-hydrogen) atoms. The van der Waals surface area contributed by atoms with Crippen LogP contribution < -0.4 is 0 Å². The van der Waals surface area contributed by atoms with Crippen molar-refractivity contribution in [1.29, 1.82) is 0 Å². The Balaban J connectivity index is 1.62. The highest BCUT2D eigenvalue weighted by atomic mass is 32.2. The Morgan fingerprint density at radius 1 is 0.973 bits per heavy atom. The summed E-state index contributed by atoms with van der Waals surface area (Å²) in [5.41, 5.74) is 2.50. The van der Waals surface area contributed by atoms with E-state index in [1.54, 1.807) is 36.4 Å². The van der Waals surface area contributed by atoms with Gasteiger partial charge in [0.1, 0.15) is 6.33 Å². The summed E-state index contributed by atoms with van der Waals surface area (Å²) < 4.78 is 66.9. The third-order valence-electron chi connectivity index (χ3n) is 6.52. The standard InChI is InChI=1S/C28H24F3N3O2S/c1-34-13-3-5-20(16-34)27-15-21(28(29,30)31)7-9-26(27)25-6-2-4-19-14-23(8-10-24(19)25)37(35,36)17-22-11-12-32-18-33-22/h2,4-12,14-15,18H,3,13,16-17H2,1H3. The fourth-order valence-electron chi connectivity index (χ4n) is 4.68. The Labute approximate surface area is 213 Å². The molecule has 5 nitrogen and oxygen atoms in total. The Morgan fingerprint density at radius 2 is 1.81 bits per heavy atom. The van der Waals surface area contributed by atoms with Crippen molar-refractivity contribution in [2.24, 2.45) is 0 Å². The van der Waals surface area contributed by atoms with Crippen LogP contribution in [0, 0.1) is 0 Å². The fourth-order valence-corrected chi connectivity index (χ4v) is 5.99. The van der Waals surface area contributed by atoms with Crippen LogP contribution in [-0.4, -0.2) is 43.4 Å². The maximum atomic E-state index is 13.6. The van der Waals surface area contributed by atoms with E-state index in [-0.39, 0.29) is 10.6 Å². The van der Waals surface area contributed by atoms with Gasteiger partial charge in [0.25, 0.3) is 0 Å². The monoisotopic (exact) mass is 523 g/mol. The first-order valence-corrected chi connectivity index (χ1v) is 13.4. The summed E-state index contributed by atoms with van der Waals surface area (Å²) in [4.78, 5) is 10.1. The van der Waals surface area contributed by atoms with Crippen molar-refractivity contribution >= 4 is 26.2 Å². The van der Waals surface area contributed by atoms with Crippen molar-refractivity contribution in [3.8, 4) is 11.1 Å². The van der Waals surface area contributed by atoms with Gasteiger partial charge < -0.3 is 4.90 Å². The number of halogens is 3. The zero-order chi connectivity index (χ0) is 26.2. The second-order valence-corrected chi connectivity index (χ2v) is 11.2. The molecular weight excluding hydrogens is 499 g/mol. The van der Waals surface area contributed by atoms with Crippen LogP contribution in [0.25, 0.3) is 27.5 Å². The van der Waals surface area contributed by atoms with E-state index in [2.05, 4.69) is 14.9 Å². The minimum atomic E-state index is -4.46. The molecular formula is C28H24F3N3O2S. The SMILES string of the molecule is CN1CCC=C(c2cc(C(F)(F)F)ccc2-c2cccc3cc(S(=O)(=O)Cc4ccncn4)ccc23)C1. The molecule has 0 atom stereocenters. The maximum Gasteiger partial charge on any atom is 0.416 e. The highest BCUT2D eigenvalue weighted by Crippen LogP contribution is 2.39. The first kappa shape index (κ1) is 25.1. The molecule has 0 spiro atoms. The van der Waals surface area contributed by atoms with Gasteiger partial charge in [-0.15, -0.1) is 0 Å². The molecule has 9 heteroatoms. The van der Waals surface area contributed by atoms with Crippen molar-refractivity contribution in [2.45, 2.75) is 23.2 Å². The van der Waals surface area contributed by atoms with Gasteiger partial charge >= 0.3 is 6.18 Å². The third-order valence-corrected chi connectivity index (χ3v) is 8.16. The van der Waals surface area contributed by atoms with Gasteiger partial charge in [0, 0.05) is 19.3 Å². The molecule has 0 aliphatic carbocycles. The van der Waals surface area contributed by atoms with Crippen LogP contribution in [0.1, 0.15) is 23.2 Å². The van der Waals surface area contributed by atoms with E-state index in [0.717, 1.165) is 35.6 Å². The highest BCUT2D eigenvalue weighted by Gasteiger charge is 2.32. The summed E-state index contributed by atoms with van der Waals surface area (Å²) in [5.74, 6) is -0.258. The minimum Gasteiger partial charge on any atom is -0.302 e. The first-order valence-electron chi connectivity index (χ1n) is 11.7. The van der Waals surface area contributed by atoms with Crippen LogP contribution in [0.2, 0.25) is 0 Å². The van der Waals surface area contributed by atoms with Crippen molar-refractivity contribution in [3.63, 3.8) is 0 Å². The fraction of sp³-hybridized carbons (Fsp3) is 0.214.